The average molecular weight is 193 g/mol. The van der Waals surface area contributed by atoms with Crippen molar-refractivity contribution in [1.29, 1.82) is 0 Å². The van der Waals surface area contributed by atoms with Gasteiger partial charge in [0.25, 0.3) is 0 Å². The summed E-state index contributed by atoms with van der Waals surface area (Å²) in [6.07, 6.45) is -4.47. The molecule has 0 aliphatic rings. The summed E-state index contributed by atoms with van der Waals surface area (Å²) in [7, 11) is 1.37. The molecule has 6 heteroatoms. The van der Waals surface area contributed by atoms with Gasteiger partial charge in [0.1, 0.15) is 0 Å². The van der Waals surface area contributed by atoms with E-state index >= 15 is 0 Å². The summed E-state index contributed by atoms with van der Waals surface area (Å²) in [5.74, 6) is -0.00479. The first-order valence-electron chi connectivity index (χ1n) is 3.61. The van der Waals surface area contributed by atoms with E-state index in [1.165, 1.54) is 7.05 Å². The molecule has 1 rings (SSSR count). The van der Waals surface area contributed by atoms with Gasteiger partial charge in [-0.1, -0.05) is 0 Å². The van der Waals surface area contributed by atoms with Gasteiger partial charge < -0.3 is 4.74 Å². The van der Waals surface area contributed by atoms with E-state index in [2.05, 4.69) is 5.10 Å². The molecule has 13 heavy (non-hydrogen) atoms. The largest absolute Gasteiger partial charge is 0.478 e. The Labute approximate surface area is 73.1 Å². The minimum atomic E-state index is -4.47. The second-order valence-corrected chi connectivity index (χ2v) is 2.33. The quantitative estimate of drug-likeness (QED) is 0.713. The predicted octanol–water partition coefficient (Wildman–Crippen LogP) is 1.64. The third-order valence-electron chi connectivity index (χ3n) is 1.32. The number of ether oxygens (including phenoxy) is 1. The number of rotatable bonds is 2. The molecule has 0 aromatic carbocycles. The zero-order valence-corrected chi connectivity index (χ0v) is 7.14. The first kappa shape index (κ1) is 9.88. The molecule has 1 aromatic rings. The van der Waals surface area contributed by atoms with Crippen LogP contribution in [0.3, 0.4) is 0 Å². The maximum Gasteiger partial charge on any atom is 0.435 e. The molecule has 0 bridgehead atoms. The molecule has 0 saturated carbocycles. The Morgan fingerprint density at radius 2 is 2.15 bits per heavy atom. The SMILES string of the molecule is CCOc1[c]c(C(F)(F)F)nn1C. The number of aromatic nitrogens is 2. The molecular formula is C7H8F3N2O. The van der Waals surface area contributed by atoms with Gasteiger partial charge in [0.2, 0.25) is 5.88 Å². The van der Waals surface area contributed by atoms with E-state index < -0.39 is 11.9 Å². The summed E-state index contributed by atoms with van der Waals surface area (Å²) < 4.78 is 42.0. The van der Waals surface area contributed by atoms with Crippen molar-refractivity contribution in [3.8, 4) is 5.88 Å². The van der Waals surface area contributed by atoms with Crippen LogP contribution in [0.5, 0.6) is 5.88 Å². The van der Waals surface area contributed by atoms with Gasteiger partial charge in [-0.2, -0.15) is 18.3 Å². The molecule has 3 nitrogen and oxygen atoms in total. The Kier molecular flexibility index (Phi) is 2.49. The summed E-state index contributed by atoms with van der Waals surface area (Å²) in [4.78, 5) is 0. The van der Waals surface area contributed by atoms with Crippen LogP contribution in [0.4, 0.5) is 13.2 Å². The first-order valence-corrected chi connectivity index (χ1v) is 3.61. The van der Waals surface area contributed by atoms with E-state index in [1.807, 2.05) is 6.07 Å². The van der Waals surface area contributed by atoms with Gasteiger partial charge in [-0.05, 0) is 6.92 Å². The monoisotopic (exact) mass is 193 g/mol. The molecule has 0 amide bonds. The number of aryl methyl sites for hydroxylation is 1. The van der Waals surface area contributed by atoms with Gasteiger partial charge in [0, 0.05) is 7.05 Å². The lowest BCUT2D eigenvalue weighted by Gasteiger charge is -1.99. The van der Waals surface area contributed by atoms with E-state index in [-0.39, 0.29) is 12.5 Å². The smallest absolute Gasteiger partial charge is 0.435 e. The Balaban J connectivity index is 2.95. The Bertz CT molecular complexity index is 292. The second-order valence-electron chi connectivity index (χ2n) is 2.33. The lowest BCUT2D eigenvalue weighted by atomic mass is 10.4. The molecule has 0 N–H and O–H groups in total. The van der Waals surface area contributed by atoms with Crippen molar-refractivity contribution < 1.29 is 17.9 Å². The van der Waals surface area contributed by atoms with E-state index in [0.29, 0.717) is 0 Å². The van der Waals surface area contributed by atoms with Crippen LogP contribution in [0.25, 0.3) is 0 Å². The van der Waals surface area contributed by atoms with Crippen LogP contribution in [-0.2, 0) is 13.2 Å². The van der Waals surface area contributed by atoms with Gasteiger partial charge in [0.05, 0.1) is 12.7 Å². The Morgan fingerprint density at radius 1 is 1.54 bits per heavy atom. The number of nitrogens with zero attached hydrogens (tertiary/aromatic N) is 2. The van der Waals surface area contributed by atoms with Crippen LogP contribution in [0, 0.1) is 6.07 Å². The topological polar surface area (TPSA) is 27.1 Å². The maximum absolute atomic E-state index is 12.1. The van der Waals surface area contributed by atoms with Crippen molar-refractivity contribution in [1.82, 2.24) is 9.78 Å². The highest BCUT2D eigenvalue weighted by molar-refractivity contribution is 5.15. The molecule has 0 aliphatic carbocycles. The van der Waals surface area contributed by atoms with E-state index in [0.717, 1.165) is 4.68 Å². The van der Waals surface area contributed by atoms with Gasteiger partial charge in [-0.15, -0.1) is 0 Å². The molecule has 0 unspecified atom stereocenters. The van der Waals surface area contributed by atoms with E-state index in [9.17, 15) is 13.2 Å². The fraction of sp³-hybridized carbons (Fsp3) is 0.571. The molecule has 1 radical (unpaired) electrons. The van der Waals surface area contributed by atoms with Gasteiger partial charge in [-0.25, -0.2) is 4.68 Å². The molecule has 0 fully saturated rings. The summed E-state index contributed by atoms with van der Waals surface area (Å²) in [6.45, 7) is 1.96. The summed E-state index contributed by atoms with van der Waals surface area (Å²) in [5, 5.41) is 3.21. The zero-order valence-electron chi connectivity index (χ0n) is 7.14. The molecule has 0 saturated heterocycles. The predicted molar refractivity (Wildman–Crippen MR) is 38.2 cm³/mol. The highest BCUT2D eigenvalue weighted by Crippen LogP contribution is 2.29. The third kappa shape index (κ3) is 2.13. The van der Waals surface area contributed by atoms with Crippen molar-refractivity contribution in [3.05, 3.63) is 11.8 Å². The second kappa shape index (κ2) is 3.27. The van der Waals surface area contributed by atoms with Crippen LogP contribution in [0.15, 0.2) is 0 Å². The molecular weight excluding hydrogens is 185 g/mol. The highest BCUT2D eigenvalue weighted by Gasteiger charge is 2.35. The van der Waals surface area contributed by atoms with Crippen LogP contribution in [0.1, 0.15) is 12.6 Å². The molecule has 73 valence electrons. The number of alkyl halides is 3. The fourth-order valence-electron chi connectivity index (χ4n) is 0.796. The van der Waals surface area contributed by atoms with Crippen molar-refractivity contribution in [3.63, 3.8) is 0 Å². The van der Waals surface area contributed by atoms with E-state index in [4.69, 9.17) is 4.74 Å². The first-order chi connectivity index (χ1) is 5.95. The number of hydrogen-bond donors (Lipinski definition) is 0. The van der Waals surface area contributed by atoms with E-state index in [1.54, 1.807) is 6.92 Å². The van der Waals surface area contributed by atoms with Crippen LogP contribution in [0.2, 0.25) is 0 Å². The molecule has 1 heterocycles. The third-order valence-corrected chi connectivity index (χ3v) is 1.32. The van der Waals surface area contributed by atoms with Crippen molar-refractivity contribution in [2.75, 3.05) is 6.61 Å². The summed E-state index contributed by atoms with van der Waals surface area (Å²) in [5.41, 5.74) is -1.06. The molecule has 0 spiro atoms. The Hall–Kier alpha value is -1.20. The number of halogens is 3. The molecule has 0 aliphatic heterocycles. The minimum absolute atomic E-state index is 0.00479. The normalized spacial score (nSPS) is 11.8. The highest BCUT2D eigenvalue weighted by atomic mass is 19.4. The lowest BCUT2D eigenvalue weighted by molar-refractivity contribution is -0.141. The molecule has 1 aromatic heterocycles. The lowest BCUT2D eigenvalue weighted by Crippen LogP contribution is -2.06. The van der Waals surface area contributed by atoms with Crippen molar-refractivity contribution >= 4 is 0 Å². The fourth-order valence-corrected chi connectivity index (χ4v) is 0.796. The van der Waals surface area contributed by atoms with Crippen molar-refractivity contribution in [2.24, 2.45) is 7.05 Å². The van der Waals surface area contributed by atoms with Crippen LogP contribution >= 0.6 is 0 Å². The van der Waals surface area contributed by atoms with Crippen LogP contribution in [-0.4, -0.2) is 16.4 Å². The van der Waals surface area contributed by atoms with Gasteiger partial charge in [-0.3, -0.25) is 0 Å². The summed E-state index contributed by atoms with van der Waals surface area (Å²) >= 11 is 0. The number of hydrogen-bond acceptors (Lipinski definition) is 2. The van der Waals surface area contributed by atoms with Gasteiger partial charge in [0.15, 0.2) is 5.69 Å². The van der Waals surface area contributed by atoms with Crippen molar-refractivity contribution in [2.45, 2.75) is 13.1 Å². The minimum Gasteiger partial charge on any atom is -0.478 e. The van der Waals surface area contributed by atoms with Gasteiger partial charge >= 0.3 is 6.18 Å². The zero-order chi connectivity index (χ0) is 10.1. The average Bonchev–Trinajstić information content (AvgIpc) is 2.32. The molecule has 0 atom stereocenters. The standard InChI is InChI=1S/C7H8F3N2O/c1-3-13-6-4-5(7(8,9)10)11-12(6)2/h3H2,1-2H3. The maximum atomic E-state index is 12.1. The summed E-state index contributed by atoms with van der Waals surface area (Å²) in [6, 6.07) is 2.03. The van der Waals surface area contributed by atoms with Crippen LogP contribution < -0.4 is 4.74 Å². The Morgan fingerprint density at radius 3 is 2.54 bits per heavy atom.